The lowest BCUT2D eigenvalue weighted by atomic mass is 10.1. The number of quaternary nitrogens is 1. The van der Waals surface area contributed by atoms with Crippen molar-refractivity contribution >= 4 is 17.9 Å². The van der Waals surface area contributed by atoms with Crippen LogP contribution in [0.25, 0.3) is 0 Å². The third-order valence-electron chi connectivity index (χ3n) is 7.51. The van der Waals surface area contributed by atoms with E-state index in [1.54, 1.807) is 0 Å². The fraction of sp³-hybridized carbons (Fsp3) is 0.909. The Labute approximate surface area is 251 Å². The van der Waals surface area contributed by atoms with Crippen molar-refractivity contribution in [2.45, 2.75) is 154 Å². The number of ether oxygens (including phenoxy) is 3. The smallest absolute Gasteiger partial charge is 0.362 e. The van der Waals surface area contributed by atoms with E-state index in [0.29, 0.717) is 19.3 Å². The first-order chi connectivity index (χ1) is 19.6. The quantitative estimate of drug-likeness (QED) is 0.0552. The molecule has 2 atom stereocenters. The molecule has 0 bridgehead atoms. The SMILES string of the molecule is CCCCCCCCCCCC(=O)OCC(COCCC(C(=O)O)[N+](C)(C)C)OC(=O)CCCCCCCCCC. The lowest BCUT2D eigenvalue weighted by Gasteiger charge is -2.31. The number of carbonyl (C=O) groups is 3. The Morgan fingerprint density at radius 2 is 1.07 bits per heavy atom. The van der Waals surface area contributed by atoms with Crippen molar-refractivity contribution in [2.24, 2.45) is 0 Å². The molecule has 0 aliphatic heterocycles. The number of unbranched alkanes of at least 4 members (excludes halogenated alkanes) is 15. The summed E-state index contributed by atoms with van der Waals surface area (Å²) in [6.45, 7) is 4.67. The standard InChI is InChI=1S/C33H63NO7/c1-6-8-10-12-14-16-18-19-21-23-31(35)40-28-29(27-39-26-25-30(33(37)38)34(3,4)5)41-32(36)24-22-20-17-15-13-11-9-7-2/h29-30H,6-28H2,1-5H3/p+1. The topological polar surface area (TPSA) is 99.1 Å². The van der Waals surface area contributed by atoms with Crippen LogP contribution in [-0.4, -0.2) is 80.6 Å². The molecule has 0 aromatic carbocycles. The summed E-state index contributed by atoms with van der Waals surface area (Å²) in [5, 5.41) is 9.52. The third kappa shape index (κ3) is 24.6. The molecule has 8 heteroatoms. The van der Waals surface area contributed by atoms with E-state index < -0.39 is 18.1 Å². The molecule has 41 heavy (non-hydrogen) atoms. The number of esters is 2. The summed E-state index contributed by atoms with van der Waals surface area (Å²) in [5.74, 6) is -1.47. The normalized spacial score (nSPS) is 13.1. The van der Waals surface area contributed by atoms with Crippen molar-refractivity contribution in [2.75, 3.05) is 41.0 Å². The van der Waals surface area contributed by atoms with Crippen molar-refractivity contribution in [3.8, 4) is 0 Å². The minimum atomic E-state index is -0.875. The summed E-state index contributed by atoms with van der Waals surface area (Å²) >= 11 is 0. The lowest BCUT2D eigenvalue weighted by Crippen LogP contribution is -2.50. The van der Waals surface area contributed by atoms with E-state index in [2.05, 4.69) is 13.8 Å². The van der Waals surface area contributed by atoms with Crippen LogP contribution >= 0.6 is 0 Å². The minimum Gasteiger partial charge on any atom is -0.477 e. The van der Waals surface area contributed by atoms with Crippen LogP contribution in [0.15, 0.2) is 0 Å². The number of rotatable bonds is 29. The highest BCUT2D eigenvalue weighted by Gasteiger charge is 2.31. The van der Waals surface area contributed by atoms with Crippen molar-refractivity contribution in [1.29, 1.82) is 0 Å². The van der Waals surface area contributed by atoms with Crippen LogP contribution in [0.5, 0.6) is 0 Å². The molecule has 1 N–H and O–H groups in total. The zero-order chi connectivity index (χ0) is 30.8. The molecule has 0 heterocycles. The molecule has 0 aromatic rings. The number of nitrogens with zero attached hydrogens (tertiary/aromatic N) is 1. The highest BCUT2D eigenvalue weighted by molar-refractivity contribution is 5.72. The van der Waals surface area contributed by atoms with Crippen LogP contribution in [0, 0.1) is 0 Å². The number of likely N-dealkylation sites (N-methyl/N-ethyl adjacent to an activating group) is 1. The van der Waals surface area contributed by atoms with Crippen LogP contribution in [0.2, 0.25) is 0 Å². The first-order valence-corrected chi connectivity index (χ1v) is 16.6. The van der Waals surface area contributed by atoms with Crippen LogP contribution in [0.3, 0.4) is 0 Å². The van der Waals surface area contributed by atoms with Crippen molar-refractivity contribution < 1.29 is 38.2 Å². The van der Waals surface area contributed by atoms with Crippen LogP contribution in [0.1, 0.15) is 142 Å². The Hall–Kier alpha value is -1.67. The largest absolute Gasteiger partial charge is 0.477 e. The van der Waals surface area contributed by atoms with E-state index >= 15 is 0 Å². The van der Waals surface area contributed by atoms with Crippen molar-refractivity contribution in [1.82, 2.24) is 0 Å². The number of carboxylic acids is 1. The summed E-state index contributed by atoms with van der Waals surface area (Å²) in [6.07, 6.45) is 20.1. The molecule has 0 aliphatic rings. The van der Waals surface area contributed by atoms with Gasteiger partial charge in [0.2, 0.25) is 0 Å². The highest BCUT2D eigenvalue weighted by atomic mass is 16.6. The van der Waals surface area contributed by atoms with Gasteiger partial charge in [-0.15, -0.1) is 0 Å². The van der Waals surface area contributed by atoms with E-state index in [9.17, 15) is 19.5 Å². The summed E-state index contributed by atoms with van der Waals surface area (Å²) in [7, 11) is 5.50. The van der Waals surface area contributed by atoms with Gasteiger partial charge >= 0.3 is 17.9 Å². The first kappa shape index (κ1) is 39.3. The molecule has 8 nitrogen and oxygen atoms in total. The molecule has 0 saturated heterocycles. The molecule has 0 spiro atoms. The molecule has 0 aromatic heterocycles. The Morgan fingerprint density at radius 3 is 1.51 bits per heavy atom. The van der Waals surface area contributed by atoms with Gasteiger partial charge in [-0.3, -0.25) is 9.59 Å². The minimum absolute atomic E-state index is 0.0445. The Kier molecular flexibility index (Phi) is 24.9. The Balaban J connectivity index is 4.48. The van der Waals surface area contributed by atoms with Crippen LogP contribution < -0.4 is 0 Å². The van der Waals surface area contributed by atoms with Gasteiger partial charge in [-0.05, 0) is 12.8 Å². The second-order valence-corrected chi connectivity index (χ2v) is 12.4. The van der Waals surface area contributed by atoms with Crippen molar-refractivity contribution in [3.05, 3.63) is 0 Å². The highest BCUT2D eigenvalue weighted by Crippen LogP contribution is 2.13. The summed E-state index contributed by atoms with van der Waals surface area (Å²) < 4.78 is 17.1. The molecule has 242 valence electrons. The molecule has 0 amide bonds. The van der Waals surface area contributed by atoms with Gasteiger partial charge in [-0.2, -0.15) is 0 Å². The van der Waals surface area contributed by atoms with Gasteiger partial charge in [0, 0.05) is 19.3 Å². The van der Waals surface area contributed by atoms with Crippen molar-refractivity contribution in [3.63, 3.8) is 0 Å². The van der Waals surface area contributed by atoms with Gasteiger partial charge in [-0.1, -0.05) is 110 Å². The average Bonchev–Trinajstić information content (AvgIpc) is 2.91. The predicted molar refractivity (Wildman–Crippen MR) is 165 cm³/mol. The maximum absolute atomic E-state index is 12.5. The predicted octanol–water partition coefficient (Wildman–Crippen LogP) is 7.46. The number of hydrogen-bond acceptors (Lipinski definition) is 6. The van der Waals surface area contributed by atoms with E-state index in [1.807, 2.05) is 21.1 Å². The molecular weight excluding hydrogens is 522 g/mol. The maximum atomic E-state index is 12.5. The maximum Gasteiger partial charge on any atom is 0.362 e. The summed E-state index contributed by atoms with van der Waals surface area (Å²) in [4.78, 5) is 36.4. The fourth-order valence-electron chi connectivity index (χ4n) is 4.85. The lowest BCUT2D eigenvalue weighted by molar-refractivity contribution is -0.887. The molecule has 0 radical (unpaired) electrons. The molecule has 0 rings (SSSR count). The molecule has 0 saturated carbocycles. The second-order valence-electron chi connectivity index (χ2n) is 12.4. The third-order valence-corrected chi connectivity index (χ3v) is 7.51. The summed E-state index contributed by atoms with van der Waals surface area (Å²) in [6, 6.07) is -0.604. The molecular formula is C33H64NO7+. The molecule has 2 unspecified atom stereocenters. The van der Waals surface area contributed by atoms with E-state index in [-0.39, 0.29) is 36.2 Å². The van der Waals surface area contributed by atoms with Gasteiger partial charge in [0.1, 0.15) is 6.61 Å². The van der Waals surface area contributed by atoms with E-state index in [0.717, 1.165) is 38.5 Å². The van der Waals surface area contributed by atoms with Crippen LogP contribution in [0.4, 0.5) is 0 Å². The van der Waals surface area contributed by atoms with E-state index in [1.165, 1.54) is 70.6 Å². The van der Waals surface area contributed by atoms with Gasteiger partial charge in [-0.25, -0.2) is 4.79 Å². The van der Waals surface area contributed by atoms with Gasteiger partial charge in [0.05, 0.1) is 34.4 Å². The van der Waals surface area contributed by atoms with E-state index in [4.69, 9.17) is 14.2 Å². The Bertz CT molecular complexity index is 662. The average molecular weight is 587 g/mol. The van der Waals surface area contributed by atoms with Gasteiger partial charge in [0.25, 0.3) is 0 Å². The van der Waals surface area contributed by atoms with Gasteiger partial charge in [0.15, 0.2) is 12.1 Å². The monoisotopic (exact) mass is 586 g/mol. The number of hydrogen-bond donors (Lipinski definition) is 1. The summed E-state index contributed by atoms with van der Waals surface area (Å²) in [5.41, 5.74) is 0. The zero-order valence-electron chi connectivity index (χ0n) is 27.3. The molecule has 0 fully saturated rings. The zero-order valence-corrected chi connectivity index (χ0v) is 27.3. The number of aliphatic carboxylic acids is 1. The second kappa shape index (κ2) is 26.0. The van der Waals surface area contributed by atoms with Crippen LogP contribution in [-0.2, 0) is 28.6 Å². The Morgan fingerprint density at radius 1 is 0.634 bits per heavy atom. The molecule has 0 aliphatic carbocycles. The number of carboxylic acid groups (broad SMARTS) is 1. The first-order valence-electron chi connectivity index (χ1n) is 16.6. The fourth-order valence-corrected chi connectivity index (χ4v) is 4.85. The van der Waals surface area contributed by atoms with Gasteiger partial charge < -0.3 is 23.8 Å². The number of carbonyl (C=O) groups excluding carboxylic acids is 2.